The third-order valence-electron chi connectivity index (χ3n) is 7.03. The highest BCUT2D eigenvalue weighted by Crippen LogP contribution is 2.57. The Bertz CT molecular complexity index is 1410. The zero-order valence-corrected chi connectivity index (χ0v) is 19.8. The number of carbonyl (C=O) groups is 4. The standard InChI is InChI=1S/C27H17Cl2NO5/c1-13-6-8-14(9-7-13)22-20-21(26(34)30(25(20)33)17-11-15(28)10-16(29)12-17)27(35-22)23(31)18-4-2-3-5-19(18)24(27)32/h2-12,20-22H,1H3/t20-,21-,22+/m0/s1. The van der Waals surface area contributed by atoms with Gasteiger partial charge in [-0.3, -0.25) is 19.2 Å². The van der Waals surface area contributed by atoms with Gasteiger partial charge in [0.15, 0.2) is 0 Å². The van der Waals surface area contributed by atoms with Crippen molar-refractivity contribution in [2.24, 2.45) is 11.8 Å². The summed E-state index contributed by atoms with van der Waals surface area (Å²) in [4.78, 5) is 56.2. The summed E-state index contributed by atoms with van der Waals surface area (Å²) >= 11 is 12.3. The first kappa shape index (κ1) is 22.2. The summed E-state index contributed by atoms with van der Waals surface area (Å²) in [5.41, 5.74) is 0.0256. The van der Waals surface area contributed by atoms with Gasteiger partial charge in [0.05, 0.1) is 23.6 Å². The molecule has 3 aliphatic rings. The van der Waals surface area contributed by atoms with E-state index < -0.39 is 46.9 Å². The predicted molar refractivity (Wildman–Crippen MR) is 129 cm³/mol. The average Bonchev–Trinajstić information content (AvgIpc) is 3.39. The van der Waals surface area contributed by atoms with Crippen LogP contribution < -0.4 is 4.90 Å². The highest BCUT2D eigenvalue weighted by Gasteiger charge is 2.74. The maximum absolute atomic E-state index is 13.9. The summed E-state index contributed by atoms with van der Waals surface area (Å²) in [6.07, 6.45) is -0.973. The summed E-state index contributed by atoms with van der Waals surface area (Å²) in [6.45, 7) is 1.92. The van der Waals surface area contributed by atoms with Crippen LogP contribution >= 0.6 is 23.2 Å². The molecule has 2 aliphatic heterocycles. The van der Waals surface area contributed by atoms with Crippen molar-refractivity contribution in [3.8, 4) is 0 Å². The number of amides is 2. The average molecular weight is 506 g/mol. The number of halogens is 2. The van der Waals surface area contributed by atoms with E-state index in [4.69, 9.17) is 27.9 Å². The molecule has 3 atom stereocenters. The molecule has 0 radical (unpaired) electrons. The molecule has 6 rings (SSSR count). The number of imide groups is 1. The van der Waals surface area contributed by atoms with Gasteiger partial charge in [-0.2, -0.15) is 0 Å². The smallest absolute Gasteiger partial charge is 0.241 e. The number of ether oxygens (including phenoxy) is 1. The fourth-order valence-electron chi connectivity index (χ4n) is 5.50. The van der Waals surface area contributed by atoms with Crippen LogP contribution in [0.25, 0.3) is 0 Å². The number of aryl methyl sites for hydroxylation is 1. The zero-order chi connectivity index (χ0) is 24.6. The molecule has 8 heteroatoms. The summed E-state index contributed by atoms with van der Waals surface area (Å²) in [5, 5.41) is 0.485. The maximum atomic E-state index is 13.9. The quantitative estimate of drug-likeness (QED) is 0.361. The number of ketones is 2. The van der Waals surface area contributed by atoms with Crippen LogP contribution in [0.3, 0.4) is 0 Å². The zero-order valence-electron chi connectivity index (χ0n) is 18.3. The lowest BCUT2D eigenvalue weighted by atomic mass is 9.77. The lowest BCUT2D eigenvalue weighted by molar-refractivity contribution is -0.127. The second kappa shape index (κ2) is 7.59. The van der Waals surface area contributed by atoms with Gasteiger partial charge in [0.1, 0.15) is 0 Å². The molecule has 1 spiro atoms. The minimum Gasteiger partial charge on any atom is -0.349 e. The summed E-state index contributed by atoms with van der Waals surface area (Å²) in [5.74, 6) is -4.87. The van der Waals surface area contributed by atoms with E-state index in [1.165, 1.54) is 30.3 Å². The van der Waals surface area contributed by atoms with E-state index >= 15 is 0 Å². The number of anilines is 1. The fraction of sp³-hybridized carbons (Fsp3) is 0.185. The Morgan fingerprint density at radius 2 is 1.37 bits per heavy atom. The monoisotopic (exact) mass is 505 g/mol. The first-order valence-electron chi connectivity index (χ1n) is 11.0. The predicted octanol–water partition coefficient (Wildman–Crippen LogP) is 5.00. The normalized spacial score (nSPS) is 24.4. The Balaban J connectivity index is 1.55. The van der Waals surface area contributed by atoms with Crippen molar-refractivity contribution in [2.45, 2.75) is 18.6 Å². The number of hydrogen-bond donors (Lipinski definition) is 0. The lowest BCUT2D eigenvalue weighted by Crippen LogP contribution is -2.51. The molecule has 3 aromatic carbocycles. The molecule has 2 heterocycles. The Labute approximate surface area is 210 Å². The van der Waals surface area contributed by atoms with E-state index in [0.29, 0.717) is 5.56 Å². The van der Waals surface area contributed by atoms with Gasteiger partial charge in [0, 0.05) is 21.2 Å². The van der Waals surface area contributed by atoms with Crippen molar-refractivity contribution in [2.75, 3.05) is 4.90 Å². The van der Waals surface area contributed by atoms with Crippen molar-refractivity contribution >= 4 is 52.3 Å². The summed E-state index contributed by atoms with van der Waals surface area (Å²) in [7, 11) is 0. The number of carbonyl (C=O) groups excluding carboxylic acids is 4. The molecule has 2 saturated heterocycles. The molecule has 1 aliphatic carbocycles. The van der Waals surface area contributed by atoms with Crippen LogP contribution in [0.5, 0.6) is 0 Å². The molecular weight excluding hydrogens is 489 g/mol. The first-order valence-corrected chi connectivity index (χ1v) is 11.8. The molecule has 0 aromatic heterocycles. The highest BCUT2D eigenvalue weighted by atomic mass is 35.5. The fourth-order valence-corrected chi connectivity index (χ4v) is 6.01. The van der Waals surface area contributed by atoms with Gasteiger partial charge in [-0.25, -0.2) is 4.90 Å². The van der Waals surface area contributed by atoms with Crippen molar-refractivity contribution in [3.05, 3.63) is 99.0 Å². The minimum atomic E-state index is -2.12. The van der Waals surface area contributed by atoms with Crippen molar-refractivity contribution < 1.29 is 23.9 Å². The topological polar surface area (TPSA) is 80.8 Å². The van der Waals surface area contributed by atoms with Crippen LogP contribution in [-0.2, 0) is 14.3 Å². The Morgan fingerprint density at radius 3 is 1.94 bits per heavy atom. The van der Waals surface area contributed by atoms with E-state index in [9.17, 15) is 19.2 Å². The van der Waals surface area contributed by atoms with E-state index in [0.717, 1.165) is 10.5 Å². The van der Waals surface area contributed by atoms with Gasteiger partial charge < -0.3 is 4.74 Å². The van der Waals surface area contributed by atoms with Crippen molar-refractivity contribution in [3.63, 3.8) is 0 Å². The van der Waals surface area contributed by atoms with E-state index in [1.807, 2.05) is 19.1 Å². The molecule has 0 bridgehead atoms. The van der Waals surface area contributed by atoms with Crippen LogP contribution in [0.1, 0.15) is 37.9 Å². The summed E-state index contributed by atoms with van der Waals surface area (Å²) in [6, 6.07) is 18.0. The van der Waals surface area contributed by atoms with Gasteiger partial charge in [0.2, 0.25) is 29.0 Å². The molecule has 3 aromatic rings. The number of nitrogens with zero attached hydrogens (tertiary/aromatic N) is 1. The van der Waals surface area contributed by atoms with Gasteiger partial charge in [-0.1, -0.05) is 77.3 Å². The second-order valence-electron chi connectivity index (χ2n) is 9.03. The van der Waals surface area contributed by atoms with E-state index in [-0.39, 0.29) is 26.9 Å². The molecule has 0 saturated carbocycles. The van der Waals surface area contributed by atoms with Crippen LogP contribution in [0.4, 0.5) is 5.69 Å². The van der Waals surface area contributed by atoms with Crippen LogP contribution in [-0.4, -0.2) is 29.0 Å². The molecule has 6 nitrogen and oxygen atoms in total. The molecule has 0 unspecified atom stereocenters. The van der Waals surface area contributed by atoms with Crippen LogP contribution in [0.2, 0.25) is 10.0 Å². The maximum Gasteiger partial charge on any atom is 0.241 e. The third kappa shape index (κ3) is 2.94. The SMILES string of the molecule is Cc1ccc([C@H]2OC3(C(=O)c4ccccc4C3=O)[C@@H]3C(=O)N(c4cc(Cl)cc(Cl)c4)C(=O)[C@H]23)cc1. The molecule has 35 heavy (non-hydrogen) atoms. The van der Waals surface area contributed by atoms with E-state index in [1.54, 1.807) is 24.3 Å². The first-order chi connectivity index (χ1) is 16.7. The molecule has 174 valence electrons. The summed E-state index contributed by atoms with van der Waals surface area (Å²) < 4.78 is 6.26. The van der Waals surface area contributed by atoms with Crippen LogP contribution in [0, 0.1) is 18.8 Å². The van der Waals surface area contributed by atoms with Crippen LogP contribution in [0.15, 0.2) is 66.7 Å². The molecule has 0 N–H and O–H groups in total. The lowest BCUT2D eigenvalue weighted by Gasteiger charge is -2.27. The number of fused-ring (bicyclic) bond motifs is 3. The molecular formula is C27H17Cl2NO5. The van der Waals surface area contributed by atoms with Gasteiger partial charge in [-0.15, -0.1) is 0 Å². The minimum absolute atomic E-state index is 0.181. The number of benzene rings is 3. The third-order valence-corrected chi connectivity index (χ3v) is 7.47. The Morgan fingerprint density at radius 1 is 0.800 bits per heavy atom. The number of hydrogen-bond acceptors (Lipinski definition) is 5. The van der Waals surface area contributed by atoms with E-state index in [2.05, 4.69) is 0 Å². The Hall–Kier alpha value is -3.32. The van der Waals surface area contributed by atoms with Gasteiger partial charge in [0.25, 0.3) is 0 Å². The Kier molecular flexibility index (Phi) is 4.81. The highest BCUT2D eigenvalue weighted by molar-refractivity contribution is 6.38. The molecule has 2 fully saturated rings. The molecule has 2 amide bonds. The largest absolute Gasteiger partial charge is 0.349 e. The number of Topliss-reactive ketones (excluding diaryl/α,β-unsaturated/α-hetero) is 2. The van der Waals surface area contributed by atoms with Gasteiger partial charge >= 0.3 is 0 Å². The van der Waals surface area contributed by atoms with Crippen molar-refractivity contribution in [1.82, 2.24) is 0 Å². The van der Waals surface area contributed by atoms with Gasteiger partial charge in [-0.05, 0) is 30.7 Å². The number of rotatable bonds is 2. The van der Waals surface area contributed by atoms with Crippen molar-refractivity contribution in [1.29, 1.82) is 0 Å². The second-order valence-corrected chi connectivity index (χ2v) is 9.90.